The molecule has 8 aromatic carbocycles. The number of nitrogens with zero attached hydrogens (tertiary/aromatic N) is 4. The fourth-order valence-corrected chi connectivity index (χ4v) is 9.81. The molecule has 0 fully saturated rings. The normalized spacial score (nSPS) is 12.0. The summed E-state index contributed by atoms with van der Waals surface area (Å²) in [5.41, 5.74) is 13.2. The van der Waals surface area contributed by atoms with Crippen molar-refractivity contribution in [3.05, 3.63) is 259 Å². The van der Waals surface area contributed by atoms with Crippen molar-refractivity contribution in [2.24, 2.45) is 0 Å². The maximum atomic E-state index is 7.00. The molecule has 11 rings (SSSR count). The Balaban J connectivity index is 0.00000596. The van der Waals surface area contributed by atoms with Crippen LogP contribution in [0.1, 0.15) is 76.3 Å². The molecule has 0 N–H and O–H groups in total. The fourth-order valence-electron chi connectivity index (χ4n) is 9.81. The zero-order chi connectivity index (χ0) is 48.9. The number of aromatic nitrogens is 4. The first-order valence-corrected chi connectivity index (χ1v) is 24.4. The number of hydrogen-bond acceptors (Lipinski definition) is 2. The fraction of sp³-hybridized carbons (Fsp3) is 0.152. The second-order valence-corrected chi connectivity index (χ2v) is 20.6. The van der Waals surface area contributed by atoms with Gasteiger partial charge in [-0.1, -0.05) is 200 Å². The zero-order valence-corrected chi connectivity index (χ0v) is 44.0. The summed E-state index contributed by atoms with van der Waals surface area (Å²) in [6.07, 6.45) is 7.92. The number of imidazole rings is 1. The Hall–Kier alpha value is -7.59. The Morgan fingerprint density at radius 3 is 1.74 bits per heavy atom. The summed E-state index contributed by atoms with van der Waals surface area (Å²) in [6.45, 7) is 15.8. The predicted molar refractivity (Wildman–Crippen MR) is 289 cm³/mol. The first kappa shape index (κ1) is 48.1. The van der Waals surface area contributed by atoms with Gasteiger partial charge < -0.3 is 13.9 Å². The van der Waals surface area contributed by atoms with Gasteiger partial charge in [-0.25, -0.2) is 4.98 Å². The number of rotatable bonds is 11. The van der Waals surface area contributed by atoms with E-state index in [0.717, 1.165) is 66.9 Å². The molecule has 0 saturated carbocycles. The Morgan fingerprint density at radius 2 is 1.08 bits per heavy atom. The van der Waals surface area contributed by atoms with Gasteiger partial charge in [0.15, 0.2) is 0 Å². The van der Waals surface area contributed by atoms with Crippen LogP contribution < -0.4 is 9.30 Å². The summed E-state index contributed by atoms with van der Waals surface area (Å²) >= 11 is 0. The van der Waals surface area contributed by atoms with E-state index in [1.165, 1.54) is 22.3 Å². The quantitative estimate of drug-likeness (QED) is 0.0956. The summed E-state index contributed by atoms with van der Waals surface area (Å²) in [6, 6.07) is 78.2. The Bertz CT molecular complexity index is 3700. The van der Waals surface area contributed by atoms with Gasteiger partial charge >= 0.3 is 0 Å². The topological polar surface area (TPSA) is 35.9 Å². The average molecular weight is 1120 g/mol. The molecule has 72 heavy (non-hydrogen) atoms. The summed E-state index contributed by atoms with van der Waals surface area (Å²) in [7, 11) is 0. The maximum absolute atomic E-state index is 7.00. The van der Waals surface area contributed by atoms with Crippen molar-refractivity contribution >= 4 is 21.8 Å². The molecular weight excluding hydrogens is 1060 g/mol. The van der Waals surface area contributed by atoms with Crippen LogP contribution in [0.2, 0.25) is 0 Å². The van der Waals surface area contributed by atoms with Crippen LogP contribution in [-0.4, -0.2) is 14.1 Å². The third kappa shape index (κ3) is 9.15. The SMILES string of the molecule is CC(C)(C)c1ccnc(-n2c3[c-]c(Oc4[c-]c(-n5[c-][n+](-c6cc(-c7ccccc7)cc(C(C)(C)c7ccccc7)c6)cc5-c5ccccc5)cc(C(C)(C)c5ccccc5)c4)ccc3c3ccccc32)c1.[Pt]. The minimum atomic E-state index is -0.412. The minimum Gasteiger partial charge on any atom is -0.510 e. The molecule has 11 aromatic rings. The standard InChI is InChI=1S/C66H56N4O.Pt/c1-64(2,3)51-34-35-67-63(41-51)70-60-31-21-20-30-58(60)59-33-32-56(43-61(59)70)71-57-40-53(66(6,7)50-28-18-11-19-29-50)39-55(42-57)69-45-68(44-62(69)47-24-14-9-15-25-47)54-37-48(46-22-12-8-13-23-46)36-52(38-54)65(4,5)49-26-16-10-17-27-49;/h8-41,44H,1-7H3;/q-2;. The third-order valence-electron chi connectivity index (χ3n) is 14.2. The number of para-hydroxylation sites is 1. The van der Waals surface area contributed by atoms with Crippen molar-refractivity contribution in [2.75, 3.05) is 0 Å². The van der Waals surface area contributed by atoms with E-state index < -0.39 is 5.41 Å². The van der Waals surface area contributed by atoms with Crippen LogP contribution in [0, 0.1) is 18.5 Å². The molecule has 358 valence electrons. The smallest absolute Gasteiger partial charge is 0.267 e. The molecule has 0 aliphatic rings. The van der Waals surface area contributed by atoms with Gasteiger partial charge in [0.1, 0.15) is 5.82 Å². The van der Waals surface area contributed by atoms with Gasteiger partial charge in [-0.05, 0) is 91.2 Å². The van der Waals surface area contributed by atoms with Crippen molar-refractivity contribution in [3.8, 4) is 51.1 Å². The van der Waals surface area contributed by atoms with Crippen LogP contribution in [0.3, 0.4) is 0 Å². The van der Waals surface area contributed by atoms with E-state index in [2.05, 4.69) is 281 Å². The molecule has 0 aliphatic heterocycles. The summed E-state index contributed by atoms with van der Waals surface area (Å²) in [5, 5.41) is 2.20. The van der Waals surface area contributed by atoms with E-state index in [1.54, 1.807) is 0 Å². The Kier molecular flexibility index (Phi) is 12.8. The van der Waals surface area contributed by atoms with Crippen LogP contribution in [0.25, 0.3) is 61.4 Å². The molecule has 6 heteroatoms. The van der Waals surface area contributed by atoms with Crippen molar-refractivity contribution in [1.29, 1.82) is 0 Å². The number of pyridine rings is 1. The van der Waals surface area contributed by atoms with Gasteiger partial charge in [-0.3, -0.25) is 4.57 Å². The Labute approximate surface area is 438 Å². The molecule has 0 radical (unpaired) electrons. The van der Waals surface area contributed by atoms with E-state index in [0.29, 0.717) is 11.5 Å². The monoisotopic (exact) mass is 1120 g/mol. The van der Waals surface area contributed by atoms with E-state index in [9.17, 15) is 0 Å². The average Bonchev–Trinajstić information content (AvgIpc) is 4.00. The van der Waals surface area contributed by atoms with Gasteiger partial charge in [0, 0.05) is 55.9 Å². The van der Waals surface area contributed by atoms with Gasteiger partial charge in [0.25, 0.3) is 6.33 Å². The molecule has 0 amide bonds. The number of fused-ring (bicyclic) bond motifs is 3. The molecule has 3 aromatic heterocycles. The van der Waals surface area contributed by atoms with Crippen molar-refractivity contribution in [2.45, 2.75) is 64.7 Å². The van der Waals surface area contributed by atoms with E-state index in [1.807, 2.05) is 12.3 Å². The molecule has 3 heterocycles. The van der Waals surface area contributed by atoms with Gasteiger partial charge in [-0.2, -0.15) is 12.1 Å². The molecule has 0 spiro atoms. The van der Waals surface area contributed by atoms with E-state index in [4.69, 9.17) is 9.72 Å². The van der Waals surface area contributed by atoms with Crippen LogP contribution in [-0.2, 0) is 37.3 Å². The second kappa shape index (κ2) is 19.2. The number of benzene rings is 8. The van der Waals surface area contributed by atoms with Crippen LogP contribution in [0.4, 0.5) is 0 Å². The van der Waals surface area contributed by atoms with Crippen LogP contribution >= 0.6 is 0 Å². The molecular formula is C66H56N4OPt-2. The van der Waals surface area contributed by atoms with Gasteiger partial charge in [0.2, 0.25) is 0 Å². The van der Waals surface area contributed by atoms with E-state index >= 15 is 0 Å². The van der Waals surface area contributed by atoms with Crippen molar-refractivity contribution < 1.29 is 30.4 Å². The number of ether oxygens (including phenoxy) is 1. The predicted octanol–water partition coefficient (Wildman–Crippen LogP) is 15.7. The summed E-state index contributed by atoms with van der Waals surface area (Å²) in [5.74, 6) is 1.98. The molecule has 0 aliphatic carbocycles. The number of hydrogen-bond donors (Lipinski definition) is 0. The van der Waals surface area contributed by atoms with Crippen molar-refractivity contribution in [1.82, 2.24) is 14.1 Å². The minimum absolute atomic E-state index is 0. The first-order chi connectivity index (χ1) is 34.3. The summed E-state index contributed by atoms with van der Waals surface area (Å²) in [4.78, 5) is 4.92. The first-order valence-electron chi connectivity index (χ1n) is 24.4. The maximum Gasteiger partial charge on any atom is 0.267 e. The molecule has 5 nitrogen and oxygen atoms in total. The summed E-state index contributed by atoms with van der Waals surface area (Å²) < 4.78 is 13.5. The largest absolute Gasteiger partial charge is 0.510 e. The molecule has 0 saturated heterocycles. The molecule has 0 unspecified atom stereocenters. The van der Waals surface area contributed by atoms with E-state index in [-0.39, 0.29) is 31.9 Å². The Morgan fingerprint density at radius 1 is 0.486 bits per heavy atom. The second-order valence-electron chi connectivity index (χ2n) is 20.6. The van der Waals surface area contributed by atoms with Gasteiger partial charge in [0.05, 0.1) is 11.4 Å². The molecule has 0 atom stereocenters. The van der Waals surface area contributed by atoms with Crippen LogP contribution in [0.15, 0.2) is 213 Å². The molecule has 0 bridgehead atoms. The zero-order valence-electron chi connectivity index (χ0n) is 41.7. The van der Waals surface area contributed by atoms with Gasteiger partial charge in [-0.15, -0.1) is 35.2 Å². The third-order valence-corrected chi connectivity index (χ3v) is 14.2. The van der Waals surface area contributed by atoms with Crippen molar-refractivity contribution in [3.63, 3.8) is 0 Å². The van der Waals surface area contributed by atoms with Crippen LogP contribution in [0.5, 0.6) is 11.5 Å².